The fourth-order valence-corrected chi connectivity index (χ4v) is 5.71. The molecule has 11 heteroatoms. The van der Waals surface area contributed by atoms with Crippen LogP contribution in [0.3, 0.4) is 0 Å². The van der Waals surface area contributed by atoms with Gasteiger partial charge in [-0.2, -0.15) is 4.98 Å². The summed E-state index contributed by atoms with van der Waals surface area (Å²) in [5.41, 5.74) is 1.27. The van der Waals surface area contributed by atoms with E-state index in [2.05, 4.69) is 54.5 Å². The predicted octanol–water partition coefficient (Wildman–Crippen LogP) is 4.69. The van der Waals surface area contributed by atoms with Gasteiger partial charge in [0.15, 0.2) is 0 Å². The summed E-state index contributed by atoms with van der Waals surface area (Å²) in [7, 11) is 3.31. The zero-order valence-electron chi connectivity index (χ0n) is 25.3. The summed E-state index contributed by atoms with van der Waals surface area (Å²) in [6.45, 7) is 14.9. The molecule has 0 spiro atoms. The summed E-state index contributed by atoms with van der Waals surface area (Å²) in [4.78, 5) is 39.6. The van der Waals surface area contributed by atoms with Crippen molar-refractivity contribution in [2.45, 2.75) is 52.7 Å². The average Bonchev–Trinajstić information content (AvgIpc) is 2.97. The lowest BCUT2D eigenvalue weighted by molar-refractivity contribution is -0.130. The van der Waals surface area contributed by atoms with Crippen molar-refractivity contribution < 1.29 is 14.3 Å². The summed E-state index contributed by atoms with van der Waals surface area (Å²) in [5.74, 6) is 1.68. The van der Waals surface area contributed by atoms with E-state index in [0.717, 1.165) is 6.54 Å². The van der Waals surface area contributed by atoms with Crippen LogP contribution in [-0.4, -0.2) is 82.7 Å². The highest BCUT2D eigenvalue weighted by Crippen LogP contribution is 2.39. The molecule has 42 heavy (non-hydrogen) atoms. The topological polar surface area (TPSA) is 102 Å². The van der Waals surface area contributed by atoms with E-state index in [1.165, 1.54) is 6.08 Å². The van der Waals surface area contributed by atoms with E-state index in [-0.39, 0.29) is 23.6 Å². The van der Waals surface area contributed by atoms with Crippen molar-refractivity contribution in [3.63, 3.8) is 0 Å². The van der Waals surface area contributed by atoms with Gasteiger partial charge in [-0.3, -0.25) is 19.1 Å². The second kappa shape index (κ2) is 13.6. The number of nitrogens with one attached hydrogen (secondary N) is 1. The van der Waals surface area contributed by atoms with Gasteiger partial charge in [0.2, 0.25) is 11.9 Å². The molecule has 2 atom stereocenters. The standard InChI is InChI=1S/C31H41ClN6O4/c1-8-27(39)36-16-20(4)37(21(5)17-36)10-9-11-38-29-22(15-34-31(33-6)35-29)12-25(30(38)40)24-13-23(41-7)14-26(28(24)32)42-18-19(2)3/h8,12-15,19-21H,1,9-11,16-18H2,2-7H3,(H,33,34,35). The van der Waals surface area contributed by atoms with Crippen molar-refractivity contribution in [3.8, 4) is 22.6 Å². The van der Waals surface area contributed by atoms with Crippen LogP contribution < -0.4 is 20.3 Å². The zero-order chi connectivity index (χ0) is 30.6. The van der Waals surface area contributed by atoms with E-state index in [1.54, 1.807) is 43.1 Å². The highest BCUT2D eigenvalue weighted by atomic mass is 35.5. The molecule has 1 aliphatic heterocycles. The third-order valence-corrected chi connectivity index (χ3v) is 7.94. The van der Waals surface area contributed by atoms with Gasteiger partial charge >= 0.3 is 0 Å². The number of anilines is 1. The van der Waals surface area contributed by atoms with E-state index in [4.69, 9.17) is 21.1 Å². The molecule has 0 bridgehead atoms. The number of piperazine rings is 1. The third kappa shape index (κ3) is 6.71. The number of ether oxygens (including phenoxy) is 2. The number of hydrogen-bond acceptors (Lipinski definition) is 8. The first kappa shape index (κ1) is 31.3. The van der Waals surface area contributed by atoms with Gasteiger partial charge in [-0.05, 0) is 44.4 Å². The Kier molecular flexibility index (Phi) is 10.1. The summed E-state index contributed by atoms with van der Waals surface area (Å²) in [6.07, 6.45) is 3.78. The summed E-state index contributed by atoms with van der Waals surface area (Å²) in [5, 5.41) is 4.03. The number of aryl methyl sites for hydroxylation is 1. The average molecular weight is 597 g/mol. The van der Waals surface area contributed by atoms with Crippen LogP contribution in [0.15, 0.2) is 41.8 Å². The second-order valence-electron chi connectivity index (χ2n) is 11.2. The van der Waals surface area contributed by atoms with Crippen LogP contribution in [0.1, 0.15) is 34.1 Å². The number of pyridine rings is 1. The molecular weight excluding hydrogens is 556 g/mol. The second-order valence-corrected chi connectivity index (χ2v) is 11.5. The fourth-order valence-electron chi connectivity index (χ4n) is 5.45. The van der Waals surface area contributed by atoms with E-state index in [0.29, 0.717) is 83.2 Å². The molecule has 0 saturated carbocycles. The van der Waals surface area contributed by atoms with Crippen LogP contribution in [0.25, 0.3) is 22.2 Å². The molecule has 1 amide bonds. The molecule has 3 heterocycles. The molecule has 3 aromatic rings. The molecule has 10 nitrogen and oxygen atoms in total. The van der Waals surface area contributed by atoms with Gasteiger partial charge in [0.05, 0.1) is 18.7 Å². The minimum absolute atomic E-state index is 0.0443. The number of carbonyl (C=O) groups excluding carboxylic acids is 1. The van der Waals surface area contributed by atoms with Crippen LogP contribution in [0.4, 0.5) is 5.95 Å². The van der Waals surface area contributed by atoms with E-state index in [1.807, 2.05) is 4.90 Å². The normalized spacial score (nSPS) is 17.5. The lowest BCUT2D eigenvalue weighted by Crippen LogP contribution is -2.58. The van der Waals surface area contributed by atoms with Gasteiger partial charge in [0.1, 0.15) is 17.1 Å². The molecule has 0 radical (unpaired) electrons. The van der Waals surface area contributed by atoms with Crippen LogP contribution >= 0.6 is 11.6 Å². The maximum Gasteiger partial charge on any atom is 0.260 e. The van der Waals surface area contributed by atoms with Crippen molar-refractivity contribution >= 4 is 34.5 Å². The first-order valence-electron chi connectivity index (χ1n) is 14.3. The largest absolute Gasteiger partial charge is 0.497 e. The van der Waals surface area contributed by atoms with Crippen LogP contribution in [0.5, 0.6) is 11.5 Å². The minimum atomic E-state index is -0.212. The van der Waals surface area contributed by atoms with Crippen LogP contribution in [0, 0.1) is 5.92 Å². The van der Waals surface area contributed by atoms with Crippen molar-refractivity contribution in [2.75, 3.05) is 45.7 Å². The number of fused-ring (bicyclic) bond motifs is 1. The molecule has 1 fully saturated rings. The Morgan fingerprint density at radius 2 is 1.90 bits per heavy atom. The van der Waals surface area contributed by atoms with Crippen molar-refractivity contribution in [1.29, 1.82) is 0 Å². The van der Waals surface area contributed by atoms with Crippen molar-refractivity contribution in [1.82, 2.24) is 24.3 Å². The Labute approximate surface area is 252 Å². The van der Waals surface area contributed by atoms with Gasteiger partial charge in [-0.25, -0.2) is 4.98 Å². The van der Waals surface area contributed by atoms with Crippen molar-refractivity contribution in [2.24, 2.45) is 5.92 Å². The SMILES string of the molecule is C=CC(=O)N1CC(C)N(CCCn2c(=O)c(-c3cc(OC)cc(OCC(C)C)c3Cl)cc3cnc(NC)nc32)C(C)C1. The molecule has 1 aliphatic rings. The first-order chi connectivity index (χ1) is 20.1. The molecule has 0 aliphatic carbocycles. The smallest absolute Gasteiger partial charge is 0.260 e. The Bertz CT molecular complexity index is 1500. The van der Waals surface area contributed by atoms with E-state index in [9.17, 15) is 9.59 Å². The zero-order valence-corrected chi connectivity index (χ0v) is 26.1. The molecule has 1 aromatic carbocycles. The fraction of sp³-hybridized carbons (Fsp3) is 0.484. The van der Waals surface area contributed by atoms with E-state index >= 15 is 0 Å². The molecule has 1 N–H and O–H groups in total. The lowest BCUT2D eigenvalue weighted by Gasteiger charge is -2.44. The quantitative estimate of drug-likeness (QED) is 0.318. The third-order valence-electron chi connectivity index (χ3n) is 7.55. The number of methoxy groups -OCH3 is 1. The van der Waals surface area contributed by atoms with Gasteiger partial charge in [-0.15, -0.1) is 0 Å². The summed E-state index contributed by atoms with van der Waals surface area (Å²) in [6, 6.07) is 5.63. The number of halogens is 1. The molecule has 226 valence electrons. The van der Waals surface area contributed by atoms with Gasteiger partial charge in [0.25, 0.3) is 5.56 Å². The Balaban J connectivity index is 1.70. The number of rotatable bonds is 11. The lowest BCUT2D eigenvalue weighted by atomic mass is 10.0. The highest BCUT2D eigenvalue weighted by molar-refractivity contribution is 6.35. The number of benzene rings is 1. The Morgan fingerprint density at radius 1 is 1.19 bits per heavy atom. The van der Waals surface area contributed by atoms with E-state index < -0.39 is 0 Å². The predicted molar refractivity (Wildman–Crippen MR) is 168 cm³/mol. The van der Waals surface area contributed by atoms with Crippen molar-refractivity contribution in [3.05, 3.63) is 52.4 Å². The molecule has 2 unspecified atom stereocenters. The van der Waals surface area contributed by atoms with Gasteiger partial charge in [0, 0.05) is 74.1 Å². The summed E-state index contributed by atoms with van der Waals surface area (Å²) < 4.78 is 13.2. The monoisotopic (exact) mass is 596 g/mol. The van der Waals surface area contributed by atoms with Crippen LogP contribution in [-0.2, 0) is 11.3 Å². The molecule has 2 aromatic heterocycles. The maximum absolute atomic E-state index is 14.1. The molecule has 1 saturated heterocycles. The number of hydrogen-bond donors (Lipinski definition) is 1. The Morgan fingerprint density at radius 3 is 2.52 bits per heavy atom. The maximum atomic E-state index is 14.1. The van der Waals surface area contributed by atoms with Crippen LogP contribution in [0.2, 0.25) is 5.02 Å². The Hall–Kier alpha value is -3.63. The number of amides is 1. The number of aromatic nitrogens is 3. The minimum Gasteiger partial charge on any atom is -0.497 e. The van der Waals surface area contributed by atoms with Gasteiger partial charge in [-0.1, -0.05) is 32.0 Å². The number of carbonyl (C=O) groups is 1. The number of nitrogens with zero attached hydrogens (tertiary/aromatic N) is 5. The molecule has 4 rings (SSSR count). The first-order valence-corrected chi connectivity index (χ1v) is 14.7. The van der Waals surface area contributed by atoms with Gasteiger partial charge < -0.3 is 19.7 Å². The molecular formula is C31H41ClN6O4. The highest BCUT2D eigenvalue weighted by Gasteiger charge is 2.30. The summed E-state index contributed by atoms with van der Waals surface area (Å²) >= 11 is 6.85.